The van der Waals surface area contributed by atoms with Crippen LogP contribution in [0.2, 0.25) is 0 Å². The van der Waals surface area contributed by atoms with Crippen molar-refractivity contribution in [3.8, 4) is 17.1 Å². The molecule has 0 aliphatic carbocycles. The van der Waals surface area contributed by atoms with Crippen molar-refractivity contribution in [3.63, 3.8) is 0 Å². The van der Waals surface area contributed by atoms with E-state index in [1.807, 2.05) is 48.5 Å². The van der Waals surface area contributed by atoms with Crippen molar-refractivity contribution in [1.29, 1.82) is 0 Å². The van der Waals surface area contributed by atoms with Crippen LogP contribution < -0.4 is 10.1 Å². The van der Waals surface area contributed by atoms with Gasteiger partial charge in [0.15, 0.2) is 5.82 Å². The van der Waals surface area contributed by atoms with E-state index < -0.39 is 0 Å². The van der Waals surface area contributed by atoms with Crippen LogP contribution in [0.5, 0.6) is 5.75 Å². The average Bonchev–Trinajstić information content (AvgIpc) is 3.13. The Labute approximate surface area is 174 Å². The molecule has 5 nitrogen and oxygen atoms in total. The van der Waals surface area contributed by atoms with Gasteiger partial charge in [0.2, 0.25) is 0 Å². The largest absolute Gasteiger partial charge is 0.494 e. The van der Waals surface area contributed by atoms with E-state index in [1.54, 1.807) is 7.11 Å². The zero-order valence-electron chi connectivity index (χ0n) is 16.9. The number of nitrogens with one attached hydrogen (secondary N) is 2. The molecule has 0 saturated carbocycles. The fourth-order valence-corrected chi connectivity index (χ4v) is 3.88. The van der Waals surface area contributed by atoms with Gasteiger partial charge in [0.05, 0.1) is 7.11 Å². The minimum absolute atomic E-state index is 0.677. The number of aromatic amines is 1. The number of methoxy groups -OCH3 is 1. The van der Waals surface area contributed by atoms with Crippen LogP contribution in [0.3, 0.4) is 0 Å². The monoisotopic (exact) mass is 394 g/mol. The Kier molecular flexibility index (Phi) is 4.56. The second kappa shape index (κ2) is 7.52. The van der Waals surface area contributed by atoms with Crippen molar-refractivity contribution in [2.45, 2.75) is 13.5 Å². The Morgan fingerprint density at radius 3 is 2.47 bits per heavy atom. The summed E-state index contributed by atoms with van der Waals surface area (Å²) in [6.45, 7) is 2.73. The minimum atomic E-state index is 0.677. The number of rotatable bonds is 5. The molecule has 0 bridgehead atoms. The van der Waals surface area contributed by atoms with E-state index >= 15 is 0 Å². The smallest absolute Gasteiger partial charge is 0.164 e. The van der Waals surface area contributed by atoms with Crippen LogP contribution in [-0.4, -0.2) is 22.1 Å². The number of para-hydroxylation sites is 2. The number of hydrogen-bond acceptors (Lipinski definition) is 4. The van der Waals surface area contributed by atoms with Gasteiger partial charge >= 0.3 is 0 Å². The van der Waals surface area contributed by atoms with Gasteiger partial charge in [-0.3, -0.25) is 0 Å². The molecule has 5 heteroatoms. The van der Waals surface area contributed by atoms with E-state index in [0.717, 1.165) is 44.6 Å². The number of fused-ring (bicyclic) bond motifs is 2. The maximum atomic E-state index is 5.61. The highest BCUT2D eigenvalue weighted by molar-refractivity contribution is 5.99. The van der Waals surface area contributed by atoms with E-state index in [9.17, 15) is 0 Å². The SMILES string of the molecule is COc1cccc2c(NCc3ccccc3)nc(-c3c(C)[nH]c4ccccc34)nc12. The summed E-state index contributed by atoms with van der Waals surface area (Å²) >= 11 is 0. The summed E-state index contributed by atoms with van der Waals surface area (Å²) in [4.78, 5) is 13.3. The molecule has 0 radical (unpaired) electrons. The number of aryl methyl sites for hydroxylation is 1. The highest BCUT2D eigenvalue weighted by atomic mass is 16.5. The fourth-order valence-electron chi connectivity index (χ4n) is 3.88. The molecule has 5 aromatic rings. The number of anilines is 1. The third-order valence-corrected chi connectivity index (χ3v) is 5.33. The second-order valence-electron chi connectivity index (χ2n) is 7.26. The number of benzene rings is 3. The number of H-pyrrole nitrogens is 1. The molecule has 2 heterocycles. The number of aromatic nitrogens is 3. The summed E-state index contributed by atoms with van der Waals surface area (Å²) in [5.74, 6) is 2.20. The lowest BCUT2D eigenvalue weighted by molar-refractivity contribution is 0.419. The van der Waals surface area contributed by atoms with Gasteiger partial charge < -0.3 is 15.0 Å². The standard InChI is InChI=1S/C25H22N4O/c1-16-22(18-11-6-7-13-20(18)27-16)25-28-23-19(12-8-14-21(23)30-2)24(29-25)26-15-17-9-4-3-5-10-17/h3-14,27H,15H2,1-2H3,(H,26,28,29). The Morgan fingerprint density at radius 2 is 1.63 bits per heavy atom. The molecule has 0 unspecified atom stereocenters. The van der Waals surface area contributed by atoms with Gasteiger partial charge in [-0.25, -0.2) is 9.97 Å². The van der Waals surface area contributed by atoms with Gasteiger partial charge in [-0.05, 0) is 30.7 Å². The third-order valence-electron chi connectivity index (χ3n) is 5.33. The Hall–Kier alpha value is -3.86. The summed E-state index contributed by atoms with van der Waals surface area (Å²) in [5.41, 5.74) is 5.12. The van der Waals surface area contributed by atoms with Crippen LogP contribution >= 0.6 is 0 Å². The van der Waals surface area contributed by atoms with E-state index in [0.29, 0.717) is 12.4 Å². The van der Waals surface area contributed by atoms with Gasteiger partial charge in [-0.2, -0.15) is 0 Å². The van der Waals surface area contributed by atoms with E-state index in [4.69, 9.17) is 14.7 Å². The summed E-state index contributed by atoms with van der Waals surface area (Å²) in [5, 5.41) is 5.55. The molecule has 0 aliphatic heterocycles. The summed E-state index contributed by atoms with van der Waals surface area (Å²) in [7, 11) is 1.67. The van der Waals surface area contributed by atoms with Crippen LogP contribution in [0.4, 0.5) is 5.82 Å². The minimum Gasteiger partial charge on any atom is -0.494 e. The normalized spacial score (nSPS) is 11.1. The van der Waals surface area contributed by atoms with Crippen LogP contribution in [-0.2, 0) is 6.54 Å². The van der Waals surface area contributed by atoms with Crippen LogP contribution in [0.1, 0.15) is 11.3 Å². The predicted molar refractivity (Wildman–Crippen MR) is 122 cm³/mol. The zero-order chi connectivity index (χ0) is 20.5. The number of ether oxygens (including phenoxy) is 1. The maximum absolute atomic E-state index is 5.61. The highest BCUT2D eigenvalue weighted by Crippen LogP contribution is 2.35. The molecule has 0 spiro atoms. The van der Waals surface area contributed by atoms with Gasteiger partial charge in [0.1, 0.15) is 17.1 Å². The summed E-state index contributed by atoms with van der Waals surface area (Å²) in [6.07, 6.45) is 0. The lowest BCUT2D eigenvalue weighted by Gasteiger charge is -2.13. The quantitative estimate of drug-likeness (QED) is 0.401. The lowest BCUT2D eigenvalue weighted by Crippen LogP contribution is -2.05. The molecule has 0 amide bonds. The van der Waals surface area contributed by atoms with Crippen molar-refractivity contribution in [1.82, 2.24) is 15.0 Å². The van der Waals surface area contributed by atoms with Gasteiger partial charge in [0.25, 0.3) is 0 Å². The summed E-state index contributed by atoms with van der Waals surface area (Å²) in [6, 6.07) is 24.5. The molecular weight excluding hydrogens is 372 g/mol. The van der Waals surface area contributed by atoms with Crippen LogP contribution in [0.25, 0.3) is 33.2 Å². The van der Waals surface area contributed by atoms with Gasteiger partial charge in [-0.15, -0.1) is 0 Å². The molecule has 2 N–H and O–H groups in total. The number of nitrogens with zero attached hydrogens (tertiary/aromatic N) is 2. The predicted octanol–water partition coefficient (Wildman–Crippen LogP) is 5.71. The van der Waals surface area contributed by atoms with Crippen molar-refractivity contribution < 1.29 is 4.74 Å². The molecule has 0 atom stereocenters. The molecule has 30 heavy (non-hydrogen) atoms. The maximum Gasteiger partial charge on any atom is 0.164 e. The summed E-state index contributed by atoms with van der Waals surface area (Å²) < 4.78 is 5.61. The van der Waals surface area contributed by atoms with Crippen LogP contribution in [0.15, 0.2) is 72.8 Å². The molecule has 5 rings (SSSR count). The molecular formula is C25H22N4O. The topological polar surface area (TPSA) is 62.8 Å². The van der Waals surface area contributed by atoms with Crippen molar-refractivity contribution in [2.75, 3.05) is 12.4 Å². The molecule has 0 saturated heterocycles. The third kappa shape index (κ3) is 3.14. The first-order valence-electron chi connectivity index (χ1n) is 9.95. The van der Waals surface area contributed by atoms with Gasteiger partial charge in [-0.1, -0.05) is 54.6 Å². The van der Waals surface area contributed by atoms with Crippen LogP contribution in [0, 0.1) is 6.92 Å². The molecule has 2 aromatic heterocycles. The molecule has 0 fully saturated rings. The van der Waals surface area contributed by atoms with Crippen molar-refractivity contribution in [3.05, 3.63) is 84.1 Å². The first-order chi connectivity index (χ1) is 14.7. The van der Waals surface area contributed by atoms with E-state index in [2.05, 4.69) is 41.5 Å². The Morgan fingerprint density at radius 1 is 0.867 bits per heavy atom. The van der Waals surface area contributed by atoms with Crippen molar-refractivity contribution >= 4 is 27.6 Å². The average molecular weight is 394 g/mol. The van der Waals surface area contributed by atoms with E-state index in [1.165, 1.54) is 5.56 Å². The Bertz CT molecular complexity index is 1340. The van der Waals surface area contributed by atoms with E-state index in [-0.39, 0.29) is 0 Å². The van der Waals surface area contributed by atoms with Gasteiger partial charge in [0, 0.05) is 34.1 Å². The zero-order valence-corrected chi connectivity index (χ0v) is 16.9. The first kappa shape index (κ1) is 18.2. The molecule has 3 aromatic carbocycles. The molecule has 148 valence electrons. The Balaban J connectivity index is 1.70. The highest BCUT2D eigenvalue weighted by Gasteiger charge is 2.17. The van der Waals surface area contributed by atoms with Crippen molar-refractivity contribution in [2.24, 2.45) is 0 Å². The molecule has 0 aliphatic rings. The first-order valence-corrected chi connectivity index (χ1v) is 9.95. The second-order valence-corrected chi connectivity index (χ2v) is 7.26. The fraction of sp³-hybridized carbons (Fsp3) is 0.120. The number of hydrogen-bond donors (Lipinski definition) is 2. The lowest BCUT2D eigenvalue weighted by atomic mass is 10.1.